The molecule has 0 aliphatic carbocycles. The van der Waals surface area contributed by atoms with Crippen molar-refractivity contribution >= 4 is 29.9 Å². The standard InChI is InChI=1S/C21H25N3O3.ClH/c1-14-7-5-6-8-17(14)22-20(25)26-15-9-10-18-16(13-15)21(2)11-12-23(3)27-19(21)24(18)4;/h5-10,13,19H,11-12H2,1-4H3,(H,22,25);1H/t19-,21-;/m0./s1. The molecule has 0 aromatic heterocycles. The van der Waals surface area contributed by atoms with E-state index in [0.29, 0.717) is 5.75 Å². The molecule has 2 aromatic carbocycles. The van der Waals surface area contributed by atoms with Crippen LogP contribution in [0.25, 0.3) is 0 Å². The lowest BCUT2D eigenvalue weighted by atomic mass is 9.79. The molecular weight excluding hydrogens is 378 g/mol. The van der Waals surface area contributed by atoms with Crippen molar-refractivity contribution in [3.05, 3.63) is 53.6 Å². The van der Waals surface area contributed by atoms with Gasteiger partial charge in [-0.25, -0.2) is 4.79 Å². The molecule has 1 fully saturated rings. The fraction of sp³-hybridized carbons (Fsp3) is 0.381. The van der Waals surface area contributed by atoms with Crippen molar-refractivity contribution in [1.82, 2.24) is 5.06 Å². The number of aryl methyl sites for hydroxylation is 1. The van der Waals surface area contributed by atoms with Crippen molar-refractivity contribution in [2.45, 2.75) is 31.9 Å². The summed E-state index contributed by atoms with van der Waals surface area (Å²) in [5, 5.41) is 4.69. The average molecular weight is 404 g/mol. The molecule has 2 aliphatic heterocycles. The summed E-state index contributed by atoms with van der Waals surface area (Å²) in [6.45, 7) is 5.02. The maximum absolute atomic E-state index is 12.3. The largest absolute Gasteiger partial charge is 0.417 e. The summed E-state index contributed by atoms with van der Waals surface area (Å²) in [6, 6.07) is 13.4. The monoisotopic (exact) mass is 403 g/mol. The number of nitrogens with one attached hydrogen (secondary N) is 1. The van der Waals surface area contributed by atoms with Gasteiger partial charge in [-0.1, -0.05) is 25.1 Å². The third kappa shape index (κ3) is 3.43. The lowest BCUT2D eigenvalue weighted by molar-refractivity contribution is -0.226. The number of nitrogens with zero attached hydrogens (tertiary/aromatic N) is 2. The summed E-state index contributed by atoms with van der Waals surface area (Å²) >= 11 is 0. The predicted molar refractivity (Wildman–Crippen MR) is 112 cm³/mol. The molecule has 28 heavy (non-hydrogen) atoms. The fourth-order valence-corrected chi connectivity index (χ4v) is 4.04. The fourth-order valence-electron chi connectivity index (χ4n) is 4.04. The van der Waals surface area contributed by atoms with Gasteiger partial charge in [0.2, 0.25) is 0 Å². The molecule has 0 saturated carbocycles. The zero-order chi connectivity index (χ0) is 19.2. The number of hydrogen-bond acceptors (Lipinski definition) is 5. The number of hydrogen-bond donors (Lipinski definition) is 1. The van der Waals surface area contributed by atoms with Crippen molar-refractivity contribution in [2.24, 2.45) is 0 Å². The Morgan fingerprint density at radius 2 is 2.00 bits per heavy atom. The van der Waals surface area contributed by atoms with Gasteiger partial charge in [-0.3, -0.25) is 10.2 Å². The second-order valence-corrected chi connectivity index (χ2v) is 7.60. The maximum atomic E-state index is 12.3. The first-order chi connectivity index (χ1) is 12.9. The molecule has 1 saturated heterocycles. The highest BCUT2D eigenvalue weighted by Crippen LogP contribution is 2.50. The van der Waals surface area contributed by atoms with Crippen molar-refractivity contribution in [2.75, 3.05) is 30.9 Å². The van der Waals surface area contributed by atoms with Gasteiger partial charge < -0.3 is 9.64 Å². The molecule has 2 aliphatic rings. The Morgan fingerprint density at radius 3 is 2.75 bits per heavy atom. The van der Waals surface area contributed by atoms with Gasteiger partial charge in [0.25, 0.3) is 0 Å². The van der Waals surface area contributed by atoms with E-state index in [0.717, 1.165) is 35.5 Å². The molecule has 0 spiro atoms. The van der Waals surface area contributed by atoms with Gasteiger partial charge >= 0.3 is 6.09 Å². The van der Waals surface area contributed by atoms with E-state index in [9.17, 15) is 4.79 Å². The Balaban J connectivity index is 0.00000225. The van der Waals surface area contributed by atoms with Crippen LogP contribution in [0.3, 0.4) is 0 Å². The van der Waals surface area contributed by atoms with E-state index < -0.39 is 6.09 Å². The van der Waals surface area contributed by atoms with E-state index in [1.807, 2.05) is 68.5 Å². The van der Waals surface area contributed by atoms with Gasteiger partial charge in [0.05, 0.1) is 0 Å². The SMILES string of the molecule is Cc1ccccc1NC(=O)Oc1ccc2c(c1)[C@]1(C)CCN(C)O[C@@H]1N2C.Cl. The van der Waals surface area contributed by atoms with Gasteiger partial charge in [0.1, 0.15) is 5.75 Å². The van der Waals surface area contributed by atoms with Gasteiger partial charge in [0, 0.05) is 37.4 Å². The second kappa shape index (κ2) is 7.62. The van der Waals surface area contributed by atoms with Crippen molar-refractivity contribution in [1.29, 1.82) is 0 Å². The van der Waals surface area contributed by atoms with Crippen molar-refractivity contribution in [3.8, 4) is 5.75 Å². The summed E-state index contributed by atoms with van der Waals surface area (Å²) in [7, 11) is 4.00. The number of anilines is 2. The highest BCUT2D eigenvalue weighted by molar-refractivity contribution is 5.87. The van der Waals surface area contributed by atoms with E-state index in [2.05, 4.69) is 17.1 Å². The van der Waals surface area contributed by atoms with Crippen LogP contribution in [0.5, 0.6) is 5.75 Å². The minimum atomic E-state index is -0.489. The zero-order valence-electron chi connectivity index (χ0n) is 16.6. The third-order valence-electron chi connectivity index (χ3n) is 5.68. The molecule has 4 rings (SSSR count). The quantitative estimate of drug-likeness (QED) is 0.808. The molecule has 7 heteroatoms. The Hall–Kier alpha value is -2.28. The van der Waals surface area contributed by atoms with E-state index in [4.69, 9.17) is 9.57 Å². The molecule has 0 unspecified atom stereocenters. The van der Waals surface area contributed by atoms with E-state index in [1.54, 1.807) is 0 Å². The average Bonchev–Trinajstić information content (AvgIpc) is 2.85. The Morgan fingerprint density at radius 1 is 1.25 bits per heavy atom. The Bertz CT molecular complexity index is 891. The highest BCUT2D eigenvalue weighted by Gasteiger charge is 2.50. The number of fused-ring (bicyclic) bond motifs is 3. The number of halogens is 1. The third-order valence-corrected chi connectivity index (χ3v) is 5.68. The molecule has 0 bridgehead atoms. The number of benzene rings is 2. The van der Waals surface area contributed by atoms with Crippen LogP contribution in [0.4, 0.5) is 16.2 Å². The van der Waals surface area contributed by atoms with Gasteiger partial charge in [-0.05, 0) is 48.7 Å². The van der Waals surface area contributed by atoms with Gasteiger partial charge in [-0.15, -0.1) is 12.4 Å². The van der Waals surface area contributed by atoms with Crippen molar-refractivity contribution < 1.29 is 14.4 Å². The molecule has 6 nitrogen and oxygen atoms in total. The minimum Gasteiger partial charge on any atom is -0.410 e. The van der Waals surface area contributed by atoms with Crippen LogP contribution in [-0.4, -0.2) is 38.0 Å². The molecular formula is C21H26ClN3O3. The highest BCUT2D eigenvalue weighted by atomic mass is 35.5. The minimum absolute atomic E-state index is 0. The number of rotatable bonds is 2. The van der Waals surface area contributed by atoms with E-state index in [-0.39, 0.29) is 24.0 Å². The van der Waals surface area contributed by atoms with Crippen LogP contribution in [-0.2, 0) is 10.3 Å². The smallest absolute Gasteiger partial charge is 0.410 e. The number of carbonyl (C=O) groups excluding carboxylic acids is 1. The molecule has 150 valence electrons. The summed E-state index contributed by atoms with van der Waals surface area (Å²) in [5.41, 5.74) is 3.87. The van der Waals surface area contributed by atoms with E-state index in [1.165, 1.54) is 0 Å². The second-order valence-electron chi connectivity index (χ2n) is 7.60. The van der Waals surface area contributed by atoms with Crippen LogP contribution in [0, 0.1) is 6.92 Å². The van der Waals surface area contributed by atoms with E-state index >= 15 is 0 Å². The lowest BCUT2D eigenvalue weighted by Gasteiger charge is -2.42. The molecule has 1 N–H and O–H groups in total. The van der Waals surface area contributed by atoms with Gasteiger partial charge in [0.15, 0.2) is 6.23 Å². The zero-order valence-corrected chi connectivity index (χ0v) is 17.4. The first-order valence-corrected chi connectivity index (χ1v) is 9.18. The summed E-state index contributed by atoms with van der Waals surface area (Å²) < 4.78 is 5.56. The Labute approximate surface area is 171 Å². The van der Waals surface area contributed by atoms with Crippen molar-refractivity contribution in [3.63, 3.8) is 0 Å². The molecule has 2 atom stereocenters. The number of para-hydroxylation sites is 1. The first kappa shape index (κ1) is 20.5. The molecule has 2 heterocycles. The number of ether oxygens (including phenoxy) is 1. The summed E-state index contributed by atoms with van der Waals surface area (Å²) in [4.78, 5) is 20.5. The van der Waals surface area contributed by atoms with Crippen LogP contribution in [0.2, 0.25) is 0 Å². The molecule has 0 radical (unpaired) electrons. The Kier molecular flexibility index (Phi) is 5.57. The number of amides is 1. The van der Waals surface area contributed by atoms with Crippen LogP contribution >= 0.6 is 12.4 Å². The normalized spacial score (nSPS) is 23.4. The maximum Gasteiger partial charge on any atom is 0.417 e. The van der Waals surface area contributed by atoms with Crippen LogP contribution in [0.15, 0.2) is 42.5 Å². The first-order valence-electron chi connectivity index (χ1n) is 9.18. The van der Waals surface area contributed by atoms with Crippen LogP contribution < -0.4 is 15.0 Å². The number of hydroxylamine groups is 2. The lowest BCUT2D eigenvalue weighted by Crippen LogP contribution is -2.52. The predicted octanol–water partition coefficient (Wildman–Crippen LogP) is 4.33. The topological polar surface area (TPSA) is 54.0 Å². The summed E-state index contributed by atoms with van der Waals surface area (Å²) in [5.74, 6) is 0.536. The number of carbonyl (C=O) groups is 1. The van der Waals surface area contributed by atoms with Gasteiger partial charge in [-0.2, -0.15) is 5.06 Å². The molecule has 1 amide bonds. The number of likely N-dealkylation sites (N-methyl/N-ethyl adjacent to an activating group) is 1. The summed E-state index contributed by atoms with van der Waals surface area (Å²) in [6.07, 6.45) is 0.434. The van der Waals surface area contributed by atoms with Crippen LogP contribution in [0.1, 0.15) is 24.5 Å². The molecule has 2 aromatic rings.